The lowest BCUT2D eigenvalue weighted by Crippen LogP contribution is -2.08. The molecule has 2 aromatic heterocycles. The highest BCUT2D eigenvalue weighted by Crippen LogP contribution is 2.25. The fourth-order valence-corrected chi connectivity index (χ4v) is 3.14. The second-order valence-electron chi connectivity index (χ2n) is 6.47. The number of hydrogen-bond donors (Lipinski definition) is 0. The number of benzene rings is 3. The summed E-state index contributed by atoms with van der Waals surface area (Å²) in [4.78, 5) is 0. The summed E-state index contributed by atoms with van der Waals surface area (Å²) >= 11 is 0. The van der Waals surface area contributed by atoms with Crippen molar-refractivity contribution in [2.45, 2.75) is 0 Å². The normalized spacial score (nSPS) is 10.7. The highest BCUT2D eigenvalue weighted by atomic mass is 15.6. The summed E-state index contributed by atoms with van der Waals surface area (Å²) in [5.74, 6) is 1.08. The minimum atomic E-state index is 0.539. The number of tetrazole rings is 2. The van der Waals surface area contributed by atoms with Crippen LogP contribution < -0.4 is 0 Å². The van der Waals surface area contributed by atoms with Crippen LogP contribution in [-0.4, -0.2) is 40.4 Å². The van der Waals surface area contributed by atoms with Crippen molar-refractivity contribution >= 4 is 11.6 Å². The molecule has 0 amide bonds. The molecular formula is C22H16N8. The molecule has 0 aliphatic rings. The second-order valence-corrected chi connectivity index (χ2v) is 6.47. The Labute approximate surface area is 172 Å². The Morgan fingerprint density at radius 1 is 0.567 bits per heavy atom. The molecule has 5 aromatic rings. The minimum absolute atomic E-state index is 0.539. The van der Waals surface area contributed by atoms with Crippen LogP contribution in [0.3, 0.4) is 0 Å². The van der Waals surface area contributed by atoms with E-state index in [2.05, 4.69) is 31.1 Å². The molecule has 0 saturated heterocycles. The predicted molar refractivity (Wildman–Crippen MR) is 112 cm³/mol. The number of aromatic nitrogens is 8. The van der Waals surface area contributed by atoms with Gasteiger partial charge in [0, 0.05) is 0 Å². The molecule has 0 aliphatic heterocycles. The van der Waals surface area contributed by atoms with Gasteiger partial charge in [-0.15, -0.1) is 10.2 Å². The van der Waals surface area contributed by atoms with Gasteiger partial charge in [-0.05, 0) is 56.8 Å². The molecule has 2 heterocycles. The van der Waals surface area contributed by atoms with E-state index in [-0.39, 0.29) is 0 Å². The standard InChI is InChI=1S/C22H16N8/c1-4-10-17(11-5-1)16-20(21-23-25-27-29(21)18-12-6-2-7-13-18)22-24-26-28-30(22)19-14-8-3-9-15-19/h1-16H. The summed E-state index contributed by atoms with van der Waals surface area (Å²) < 4.78 is 3.36. The molecular weight excluding hydrogens is 376 g/mol. The fourth-order valence-electron chi connectivity index (χ4n) is 3.14. The molecule has 0 spiro atoms. The van der Waals surface area contributed by atoms with Gasteiger partial charge >= 0.3 is 0 Å². The molecule has 144 valence electrons. The van der Waals surface area contributed by atoms with Gasteiger partial charge in [-0.2, -0.15) is 9.36 Å². The van der Waals surface area contributed by atoms with E-state index in [9.17, 15) is 0 Å². The SMILES string of the molecule is C(=C(c1nnnn1-c1ccccc1)c1nnnn1-c1ccccc1)c1ccccc1. The highest BCUT2D eigenvalue weighted by Gasteiger charge is 2.21. The Morgan fingerprint density at radius 2 is 1.00 bits per heavy atom. The van der Waals surface area contributed by atoms with Gasteiger partial charge in [0.2, 0.25) is 0 Å². The van der Waals surface area contributed by atoms with Gasteiger partial charge in [0.1, 0.15) is 0 Å². The fraction of sp³-hybridized carbons (Fsp3) is 0. The molecule has 5 rings (SSSR count). The van der Waals surface area contributed by atoms with Crippen molar-refractivity contribution < 1.29 is 0 Å². The lowest BCUT2D eigenvalue weighted by molar-refractivity contribution is 0.779. The van der Waals surface area contributed by atoms with Crippen LogP contribution in [0.2, 0.25) is 0 Å². The molecule has 0 radical (unpaired) electrons. The summed E-state index contributed by atoms with van der Waals surface area (Å²) in [6, 6.07) is 29.4. The van der Waals surface area contributed by atoms with Crippen molar-refractivity contribution in [1.29, 1.82) is 0 Å². The first-order chi connectivity index (χ1) is 14.9. The number of para-hydroxylation sites is 2. The molecule has 0 bridgehead atoms. The Hall–Kier alpha value is -4.46. The largest absolute Gasteiger partial charge is 0.193 e. The van der Waals surface area contributed by atoms with E-state index in [4.69, 9.17) is 0 Å². The van der Waals surface area contributed by atoms with Crippen molar-refractivity contribution in [1.82, 2.24) is 40.4 Å². The van der Waals surface area contributed by atoms with Crippen molar-refractivity contribution in [2.75, 3.05) is 0 Å². The van der Waals surface area contributed by atoms with Crippen molar-refractivity contribution in [3.05, 3.63) is 108 Å². The van der Waals surface area contributed by atoms with Crippen LogP contribution in [0.5, 0.6) is 0 Å². The Bertz CT molecular complexity index is 1190. The molecule has 0 N–H and O–H groups in total. The minimum Gasteiger partial charge on any atom is -0.193 e. The Morgan fingerprint density at radius 3 is 1.47 bits per heavy atom. The third-order valence-electron chi connectivity index (χ3n) is 4.53. The van der Waals surface area contributed by atoms with E-state index in [0.717, 1.165) is 16.9 Å². The zero-order valence-corrected chi connectivity index (χ0v) is 15.8. The molecule has 0 atom stereocenters. The van der Waals surface area contributed by atoms with E-state index in [1.807, 2.05) is 97.1 Å². The first-order valence-corrected chi connectivity index (χ1v) is 9.35. The maximum absolute atomic E-state index is 4.30. The van der Waals surface area contributed by atoms with Crippen LogP contribution in [0.1, 0.15) is 17.2 Å². The van der Waals surface area contributed by atoms with E-state index >= 15 is 0 Å². The first kappa shape index (κ1) is 17.6. The van der Waals surface area contributed by atoms with Gasteiger partial charge in [-0.1, -0.05) is 66.7 Å². The summed E-state index contributed by atoms with van der Waals surface area (Å²) in [6.07, 6.45) is 1.98. The zero-order valence-electron chi connectivity index (χ0n) is 15.8. The van der Waals surface area contributed by atoms with Crippen molar-refractivity contribution in [3.8, 4) is 11.4 Å². The van der Waals surface area contributed by atoms with Gasteiger partial charge < -0.3 is 0 Å². The molecule has 0 saturated carbocycles. The van der Waals surface area contributed by atoms with Gasteiger partial charge in [-0.3, -0.25) is 0 Å². The summed E-state index contributed by atoms with van der Waals surface area (Å²) in [5.41, 5.74) is 3.37. The third-order valence-corrected chi connectivity index (χ3v) is 4.53. The van der Waals surface area contributed by atoms with Gasteiger partial charge in [0.15, 0.2) is 11.6 Å². The van der Waals surface area contributed by atoms with Crippen LogP contribution >= 0.6 is 0 Å². The average molecular weight is 392 g/mol. The zero-order chi connectivity index (χ0) is 20.2. The average Bonchev–Trinajstić information content (AvgIpc) is 3.50. The Balaban J connectivity index is 1.72. The van der Waals surface area contributed by atoms with E-state index in [0.29, 0.717) is 17.2 Å². The van der Waals surface area contributed by atoms with Crippen LogP contribution in [0, 0.1) is 0 Å². The van der Waals surface area contributed by atoms with Crippen LogP contribution in [0.25, 0.3) is 23.0 Å². The molecule has 0 fully saturated rings. The van der Waals surface area contributed by atoms with Crippen LogP contribution in [-0.2, 0) is 0 Å². The summed E-state index contributed by atoms with van der Waals surface area (Å²) in [6.45, 7) is 0. The summed E-state index contributed by atoms with van der Waals surface area (Å²) in [7, 11) is 0. The maximum atomic E-state index is 4.30. The number of hydrogen-bond acceptors (Lipinski definition) is 6. The molecule has 0 aliphatic carbocycles. The monoisotopic (exact) mass is 392 g/mol. The number of rotatable bonds is 5. The number of nitrogens with zero attached hydrogens (tertiary/aromatic N) is 8. The lowest BCUT2D eigenvalue weighted by Gasteiger charge is -2.09. The first-order valence-electron chi connectivity index (χ1n) is 9.35. The van der Waals surface area contributed by atoms with Crippen molar-refractivity contribution in [2.24, 2.45) is 0 Å². The highest BCUT2D eigenvalue weighted by molar-refractivity contribution is 5.87. The predicted octanol–water partition coefficient (Wildman–Crippen LogP) is 3.23. The third kappa shape index (κ3) is 3.37. The maximum Gasteiger partial charge on any atom is 0.190 e. The van der Waals surface area contributed by atoms with Crippen LogP contribution in [0.15, 0.2) is 91.0 Å². The second kappa shape index (κ2) is 7.88. The lowest BCUT2D eigenvalue weighted by atomic mass is 10.1. The quantitative estimate of drug-likeness (QED) is 0.456. The van der Waals surface area contributed by atoms with Gasteiger partial charge in [0.25, 0.3) is 0 Å². The topological polar surface area (TPSA) is 87.2 Å². The summed E-state index contributed by atoms with van der Waals surface area (Å²) in [5, 5.41) is 24.8. The molecule has 30 heavy (non-hydrogen) atoms. The Kier molecular flexibility index (Phi) is 4.63. The van der Waals surface area contributed by atoms with E-state index in [1.165, 1.54) is 0 Å². The van der Waals surface area contributed by atoms with Gasteiger partial charge in [-0.25, -0.2) is 0 Å². The molecule has 0 unspecified atom stereocenters. The van der Waals surface area contributed by atoms with Gasteiger partial charge in [0.05, 0.1) is 16.9 Å². The smallest absolute Gasteiger partial charge is 0.190 e. The van der Waals surface area contributed by atoms with Crippen LogP contribution in [0.4, 0.5) is 0 Å². The van der Waals surface area contributed by atoms with Crippen molar-refractivity contribution in [3.63, 3.8) is 0 Å². The molecule has 3 aromatic carbocycles. The molecule has 8 heteroatoms. The molecule has 8 nitrogen and oxygen atoms in total. The van der Waals surface area contributed by atoms with E-state index in [1.54, 1.807) is 9.36 Å². The van der Waals surface area contributed by atoms with E-state index < -0.39 is 0 Å².